The molecule has 0 aliphatic heterocycles. The molecule has 0 fully saturated rings. The summed E-state index contributed by atoms with van der Waals surface area (Å²) in [5.41, 5.74) is 2.26. The highest BCUT2D eigenvalue weighted by atomic mass is 16.6. The lowest BCUT2D eigenvalue weighted by molar-refractivity contribution is 0.292. The van der Waals surface area contributed by atoms with Gasteiger partial charge in [-0.15, -0.1) is 0 Å². The van der Waals surface area contributed by atoms with Gasteiger partial charge >= 0.3 is 7.12 Å². The molecule has 88 valence electrons. The second-order valence-electron chi connectivity index (χ2n) is 3.53. The molecule has 0 aliphatic rings. The molecule has 0 saturated carbocycles. The molecule has 0 spiro atoms. The Morgan fingerprint density at radius 3 is 2.12 bits per heavy atom. The van der Waals surface area contributed by atoms with Crippen molar-refractivity contribution in [2.24, 2.45) is 0 Å². The van der Waals surface area contributed by atoms with Crippen LogP contribution in [0.1, 0.15) is 13.8 Å². The minimum absolute atomic E-state index is 0.295. The Morgan fingerprint density at radius 2 is 1.62 bits per heavy atom. The molecule has 0 bridgehead atoms. The molecule has 0 unspecified atom stereocenters. The van der Waals surface area contributed by atoms with E-state index in [9.17, 15) is 0 Å². The van der Waals surface area contributed by atoms with Gasteiger partial charge < -0.3 is 14.2 Å². The van der Waals surface area contributed by atoms with Crippen LogP contribution in [0.2, 0.25) is 0 Å². The van der Waals surface area contributed by atoms with Crippen molar-refractivity contribution >= 4 is 18.3 Å². The maximum atomic E-state index is 5.32. The van der Waals surface area contributed by atoms with E-state index in [1.54, 1.807) is 14.2 Å². The molecule has 4 heteroatoms. The minimum Gasteiger partial charge on any atom is -0.410 e. The molecule has 0 radical (unpaired) electrons. The van der Waals surface area contributed by atoms with Gasteiger partial charge in [-0.3, -0.25) is 0 Å². The third kappa shape index (κ3) is 2.77. The molecule has 1 rings (SSSR count). The summed E-state index contributed by atoms with van der Waals surface area (Å²) in [6, 6.07) is 8.20. The van der Waals surface area contributed by atoms with Crippen molar-refractivity contribution in [3.05, 3.63) is 24.3 Å². The van der Waals surface area contributed by atoms with Crippen molar-refractivity contribution in [3.63, 3.8) is 0 Å². The summed E-state index contributed by atoms with van der Waals surface area (Å²) in [6.07, 6.45) is 0. The van der Waals surface area contributed by atoms with Crippen molar-refractivity contribution < 1.29 is 9.31 Å². The van der Waals surface area contributed by atoms with Gasteiger partial charge in [0.05, 0.1) is 0 Å². The Balaban J connectivity index is 3.07. The summed E-state index contributed by atoms with van der Waals surface area (Å²) in [6.45, 7) is 6.26. The Kier molecular flexibility index (Phi) is 5.36. The molecular formula is C12H20BNO2. The quantitative estimate of drug-likeness (QED) is 0.680. The summed E-state index contributed by atoms with van der Waals surface area (Å²) < 4.78 is 10.6. The van der Waals surface area contributed by atoms with Gasteiger partial charge in [-0.05, 0) is 19.9 Å². The van der Waals surface area contributed by atoms with Crippen LogP contribution >= 0.6 is 0 Å². The molecule has 16 heavy (non-hydrogen) atoms. The first kappa shape index (κ1) is 13.1. The molecule has 0 heterocycles. The third-order valence-electron chi connectivity index (χ3n) is 2.72. The van der Waals surface area contributed by atoms with Crippen LogP contribution in [0.15, 0.2) is 24.3 Å². The van der Waals surface area contributed by atoms with E-state index in [0.29, 0.717) is 0 Å². The number of anilines is 1. The predicted octanol–water partition coefficient (Wildman–Crippen LogP) is 1.52. The summed E-state index contributed by atoms with van der Waals surface area (Å²) in [7, 11) is 3.03. The topological polar surface area (TPSA) is 21.7 Å². The van der Waals surface area contributed by atoms with E-state index >= 15 is 0 Å². The Morgan fingerprint density at radius 1 is 1.06 bits per heavy atom. The van der Waals surface area contributed by atoms with Crippen molar-refractivity contribution in [1.82, 2.24) is 0 Å². The summed E-state index contributed by atoms with van der Waals surface area (Å²) in [5.74, 6) is 0. The monoisotopic (exact) mass is 221 g/mol. The SMILES string of the molecule is CCN(CC)c1ccccc1B(OC)OC. The van der Waals surface area contributed by atoms with Crippen LogP contribution < -0.4 is 10.4 Å². The highest BCUT2D eigenvalue weighted by molar-refractivity contribution is 6.63. The van der Waals surface area contributed by atoms with Crippen molar-refractivity contribution in [3.8, 4) is 0 Å². The summed E-state index contributed by atoms with van der Waals surface area (Å²) in [5, 5.41) is 0. The predicted molar refractivity (Wildman–Crippen MR) is 69.4 cm³/mol. The van der Waals surface area contributed by atoms with E-state index in [0.717, 1.165) is 18.6 Å². The Hall–Kier alpha value is -0.995. The van der Waals surface area contributed by atoms with E-state index < -0.39 is 0 Å². The molecule has 1 aromatic rings. The zero-order valence-electron chi connectivity index (χ0n) is 10.6. The van der Waals surface area contributed by atoms with Crippen LogP contribution in [0.5, 0.6) is 0 Å². The molecule has 0 atom stereocenters. The number of nitrogens with zero attached hydrogens (tertiary/aromatic N) is 1. The van der Waals surface area contributed by atoms with Gasteiger partial charge in [-0.2, -0.15) is 0 Å². The van der Waals surface area contributed by atoms with Crippen molar-refractivity contribution in [1.29, 1.82) is 0 Å². The van der Waals surface area contributed by atoms with Crippen molar-refractivity contribution in [2.75, 3.05) is 32.2 Å². The number of benzene rings is 1. The molecule has 0 N–H and O–H groups in total. The first-order valence-corrected chi connectivity index (χ1v) is 5.67. The van der Waals surface area contributed by atoms with Crippen LogP contribution in [0.4, 0.5) is 5.69 Å². The number of para-hydroxylation sites is 1. The number of hydrogen-bond acceptors (Lipinski definition) is 3. The second kappa shape index (κ2) is 6.56. The number of rotatable bonds is 6. The fraction of sp³-hybridized carbons (Fsp3) is 0.500. The van der Waals surface area contributed by atoms with E-state index in [1.807, 2.05) is 18.2 Å². The van der Waals surface area contributed by atoms with Gasteiger partial charge in [0.2, 0.25) is 0 Å². The fourth-order valence-electron chi connectivity index (χ4n) is 1.89. The molecule has 1 aromatic carbocycles. The lowest BCUT2D eigenvalue weighted by Crippen LogP contribution is -2.39. The van der Waals surface area contributed by atoms with Crippen LogP contribution in [-0.2, 0) is 9.31 Å². The molecule has 3 nitrogen and oxygen atoms in total. The van der Waals surface area contributed by atoms with Gasteiger partial charge in [0.15, 0.2) is 0 Å². The molecular weight excluding hydrogens is 201 g/mol. The molecule has 0 amide bonds. The van der Waals surface area contributed by atoms with Gasteiger partial charge in [0.25, 0.3) is 0 Å². The largest absolute Gasteiger partial charge is 0.495 e. The number of hydrogen-bond donors (Lipinski definition) is 0. The third-order valence-corrected chi connectivity index (χ3v) is 2.72. The summed E-state index contributed by atoms with van der Waals surface area (Å²) >= 11 is 0. The Bertz CT molecular complexity index is 281. The van der Waals surface area contributed by atoms with Crippen LogP contribution in [0.3, 0.4) is 0 Å². The smallest absolute Gasteiger partial charge is 0.410 e. The highest BCUT2D eigenvalue weighted by Gasteiger charge is 2.22. The molecule has 0 aromatic heterocycles. The first-order valence-electron chi connectivity index (χ1n) is 5.67. The first-order chi connectivity index (χ1) is 7.78. The fourth-order valence-corrected chi connectivity index (χ4v) is 1.89. The van der Waals surface area contributed by atoms with Crippen molar-refractivity contribution in [2.45, 2.75) is 13.8 Å². The van der Waals surface area contributed by atoms with E-state index in [2.05, 4.69) is 24.8 Å². The Labute approximate surface area is 98.5 Å². The zero-order valence-corrected chi connectivity index (χ0v) is 10.6. The second-order valence-corrected chi connectivity index (χ2v) is 3.53. The van der Waals surface area contributed by atoms with Crippen LogP contribution in [0.25, 0.3) is 0 Å². The van der Waals surface area contributed by atoms with Gasteiger partial charge in [-0.25, -0.2) is 0 Å². The van der Waals surface area contributed by atoms with E-state index in [1.165, 1.54) is 5.69 Å². The lowest BCUT2D eigenvalue weighted by Gasteiger charge is -2.25. The summed E-state index contributed by atoms with van der Waals surface area (Å²) in [4.78, 5) is 2.29. The minimum atomic E-state index is -0.295. The molecule has 0 aliphatic carbocycles. The van der Waals surface area contributed by atoms with Gasteiger partial charge in [0, 0.05) is 38.5 Å². The highest BCUT2D eigenvalue weighted by Crippen LogP contribution is 2.12. The maximum absolute atomic E-state index is 5.32. The standard InChI is InChI=1S/C12H20BNO2/c1-5-14(6-2)12-10-8-7-9-11(12)13(15-3)16-4/h7-10H,5-6H2,1-4H3. The van der Waals surface area contributed by atoms with E-state index in [4.69, 9.17) is 9.31 Å². The van der Waals surface area contributed by atoms with Crippen LogP contribution in [0, 0.1) is 0 Å². The van der Waals surface area contributed by atoms with Gasteiger partial charge in [0.1, 0.15) is 0 Å². The van der Waals surface area contributed by atoms with Crippen LogP contribution in [-0.4, -0.2) is 34.4 Å². The normalized spacial score (nSPS) is 10.2. The van der Waals surface area contributed by atoms with Gasteiger partial charge in [-0.1, -0.05) is 18.2 Å². The van der Waals surface area contributed by atoms with E-state index in [-0.39, 0.29) is 7.12 Å². The maximum Gasteiger partial charge on any atom is 0.495 e. The average molecular weight is 221 g/mol. The zero-order chi connectivity index (χ0) is 12.0. The molecule has 0 saturated heterocycles. The lowest BCUT2D eigenvalue weighted by atomic mass is 9.77. The average Bonchev–Trinajstić information content (AvgIpc) is 2.34.